The van der Waals surface area contributed by atoms with Gasteiger partial charge in [0.2, 0.25) is 0 Å². The van der Waals surface area contributed by atoms with Crippen molar-refractivity contribution in [3.8, 4) is 0 Å². The van der Waals surface area contributed by atoms with Gasteiger partial charge in [0, 0.05) is 38.2 Å². The van der Waals surface area contributed by atoms with E-state index < -0.39 is 0 Å². The fraction of sp³-hybridized carbons (Fsp3) is 0.571. The number of ether oxygens (including phenoxy) is 1. The number of carbonyl (C=O) groups excluding carboxylic acids is 1. The fourth-order valence-corrected chi connectivity index (χ4v) is 1.51. The summed E-state index contributed by atoms with van der Waals surface area (Å²) in [5, 5.41) is 6.14. The molecular formula is C14H23N3O2. The smallest absolute Gasteiger partial charge is 0.270 e. The molecule has 106 valence electrons. The van der Waals surface area contributed by atoms with Crippen molar-refractivity contribution in [2.24, 2.45) is 0 Å². The van der Waals surface area contributed by atoms with Gasteiger partial charge in [0.05, 0.1) is 0 Å². The van der Waals surface area contributed by atoms with E-state index in [2.05, 4.69) is 15.6 Å². The highest BCUT2D eigenvalue weighted by Gasteiger charge is 2.10. The molecule has 0 saturated heterocycles. The largest absolute Gasteiger partial charge is 0.385 e. The number of methoxy groups -OCH3 is 1. The van der Waals surface area contributed by atoms with Crippen LogP contribution in [0.3, 0.4) is 0 Å². The van der Waals surface area contributed by atoms with Crippen LogP contribution in [0.5, 0.6) is 0 Å². The Morgan fingerprint density at radius 3 is 3.00 bits per heavy atom. The summed E-state index contributed by atoms with van der Waals surface area (Å²) in [7, 11) is 1.68. The number of anilines is 1. The summed E-state index contributed by atoms with van der Waals surface area (Å²) in [6.07, 6.45) is 3.47. The molecule has 1 aromatic rings. The third-order valence-corrected chi connectivity index (χ3v) is 2.84. The maximum absolute atomic E-state index is 11.9. The van der Waals surface area contributed by atoms with Gasteiger partial charge in [-0.25, -0.2) is 0 Å². The van der Waals surface area contributed by atoms with E-state index in [4.69, 9.17) is 4.74 Å². The van der Waals surface area contributed by atoms with Crippen molar-refractivity contribution in [1.29, 1.82) is 0 Å². The summed E-state index contributed by atoms with van der Waals surface area (Å²) >= 11 is 0. The van der Waals surface area contributed by atoms with Crippen LogP contribution >= 0.6 is 0 Å². The van der Waals surface area contributed by atoms with E-state index in [9.17, 15) is 4.79 Å². The van der Waals surface area contributed by atoms with Crippen molar-refractivity contribution in [3.05, 3.63) is 24.0 Å². The van der Waals surface area contributed by atoms with E-state index >= 15 is 0 Å². The number of amides is 1. The SMILES string of the molecule is CCC(C)NC(=O)c1cc(NCCCOC)ccn1. The van der Waals surface area contributed by atoms with Crippen molar-refractivity contribution >= 4 is 11.6 Å². The van der Waals surface area contributed by atoms with Crippen molar-refractivity contribution in [2.45, 2.75) is 32.7 Å². The van der Waals surface area contributed by atoms with E-state index in [0.29, 0.717) is 5.69 Å². The Morgan fingerprint density at radius 1 is 1.53 bits per heavy atom. The minimum Gasteiger partial charge on any atom is -0.385 e. The molecule has 2 N–H and O–H groups in total. The molecule has 1 unspecified atom stereocenters. The lowest BCUT2D eigenvalue weighted by Gasteiger charge is -2.12. The van der Waals surface area contributed by atoms with Crippen LogP contribution in [0.15, 0.2) is 18.3 Å². The van der Waals surface area contributed by atoms with Crippen molar-refractivity contribution < 1.29 is 9.53 Å². The van der Waals surface area contributed by atoms with Gasteiger partial charge >= 0.3 is 0 Å². The molecule has 0 aromatic carbocycles. The normalized spacial score (nSPS) is 11.9. The molecule has 0 aliphatic heterocycles. The summed E-state index contributed by atoms with van der Waals surface area (Å²) in [5.41, 5.74) is 1.34. The average molecular weight is 265 g/mol. The minimum absolute atomic E-state index is 0.130. The number of pyridine rings is 1. The Kier molecular flexibility index (Phi) is 6.89. The second kappa shape index (κ2) is 8.48. The maximum Gasteiger partial charge on any atom is 0.270 e. The van der Waals surface area contributed by atoms with Gasteiger partial charge in [-0.3, -0.25) is 9.78 Å². The van der Waals surface area contributed by atoms with Crippen LogP contribution in [0, 0.1) is 0 Å². The number of rotatable bonds is 8. The van der Waals surface area contributed by atoms with E-state index in [1.807, 2.05) is 19.9 Å². The van der Waals surface area contributed by atoms with Crippen molar-refractivity contribution in [1.82, 2.24) is 10.3 Å². The van der Waals surface area contributed by atoms with E-state index in [1.165, 1.54) is 0 Å². The molecule has 1 heterocycles. The van der Waals surface area contributed by atoms with Gasteiger partial charge in [-0.1, -0.05) is 6.92 Å². The number of nitrogens with zero attached hydrogens (tertiary/aromatic N) is 1. The number of hydrogen-bond donors (Lipinski definition) is 2. The van der Waals surface area contributed by atoms with Crippen molar-refractivity contribution in [2.75, 3.05) is 25.6 Å². The number of hydrogen-bond acceptors (Lipinski definition) is 4. The van der Waals surface area contributed by atoms with Gasteiger partial charge in [-0.05, 0) is 31.9 Å². The molecule has 0 fully saturated rings. The van der Waals surface area contributed by atoms with Crippen LogP contribution < -0.4 is 10.6 Å². The molecular weight excluding hydrogens is 242 g/mol. The van der Waals surface area contributed by atoms with Crippen LogP contribution in [0.1, 0.15) is 37.2 Å². The molecule has 0 aliphatic rings. The lowest BCUT2D eigenvalue weighted by molar-refractivity contribution is 0.0934. The third-order valence-electron chi connectivity index (χ3n) is 2.84. The van der Waals surface area contributed by atoms with Gasteiger partial charge in [0.15, 0.2) is 0 Å². The molecule has 0 spiro atoms. The first-order valence-corrected chi connectivity index (χ1v) is 6.67. The molecule has 5 heteroatoms. The second-order valence-electron chi connectivity index (χ2n) is 4.49. The van der Waals surface area contributed by atoms with Gasteiger partial charge in [-0.15, -0.1) is 0 Å². The van der Waals surface area contributed by atoms with Crippen LogP contribution in [-0.4, -0.2) is 37.2 Å². The minimum atomic E-state index is -0.130. The van der Waals surface area contributed by atoms with Crippen LogP contribution in [0.2, 0.25) is 0 Å². The summed E-state index contributed by atoms with van der Waals surface area (Å²) < 4.78 is 4.98. The van der Waals surface area contributed by atoms with Gasteiger partial charge in [0.1, 0.15) is 5.69 Å². The zero-order valence-corrected chi connectivity index (χ0v) is 11.9. The first kappa shape index (κ1) is 15.4. The predicted molar refractivity (Wildman–Crippen MR) is 76.4 cm³/mol. The Balaban J connectivity index is 2.53. The molecule has 1 atom stereocenters. The summed E-state index contributed by atoms with van der Waals surface area (Å²) in [6.45, 7) is 5.54. The summed E-state index contributed by atoms with van der Waals surface area (Å²) in [6, 6.07) is 3.78. The average Bonchev–Trinajstić information content (AvgIpc) is 2.43. The number of carbonyl (C=O) groups is 1. The molecule has 19 heavy (non-hydrogen) atoms. The fourth-order valence-electron chi connectivity index (χ4n) is 1.51. The Bertz CT molecular complexity index is 396. The molecule has 5 nitrogen and oxygen atoms in total. The van der Waals surface area contributed by atoms with E-state index in [1.54, 1.807) is 19.4 Å². The van der Waals surface area contributed by atoms with Gasteiger partial charge < -0.3 is 15.4 Å². The third kappa shape index (κ3) is 5.70. The standard InChI is InChI=1S/C14H23N3O2/c1-4-11(2)17-14(18)13-10-12(6-8-16-13)15-7-5-9-19-3/h6,8,10-11H,4-5,7,9H2,1-3H3,(H,15,16)(H,17,18). The topological polar surface area (TPSA) is 63.2 Å². The maximum atomic E-state index is 11.9. The first-order chi connectivity index (χ1) is 9.17. The zero-order chi connectivity index (χ0) is 14.1. The molecule has 0 radical (unpaired) electrons. The highest BCUT2D eigenvalue weighted by Crippen LogP contribution is 2.08. The Morgan fingerprint density at radius 2 is 2.32 bits per heavy atom. The molecule has 0 aliphatic carbocycles. The Labute approximate surface area is 114 Å². The highest BCUT2D eigenvalue weighted by atomic mass is 16.5. The molecule has 0 saturated carbocycles. The molecule has 1 rings (SSSR count). The monoisotopic (exact) mass is 265 g/mol. The molecule has 1 aromatic heterocycles. The lowest BCUT2D eigenvalue weighted by atomic mass is 10.2. The molecule has 1 amide bonds. The Hall–Kier alpha value is -1.62. The van der Waals surface area contributed by atoms with Crippen LogP contribution in [0.25, 0.3) is 0 Å². The van der Waals surface area contributed by atoms with Crippen LogP contribution in [-0.2, 0) is 4.74 Å². The second-order valence-corrected chi connectivity index (χ2v) is 4.49. The van der Waals surface area contributed by atoms with Crippen LogP contribution in [0.4, 0.5) is 5.69 Å². The number of aromatic nitrogens is 1. The highest BCUT2D eigenvalue weighted by molar-refractivity contribution is 5.93. The first-order valence-electron chi connectivity index (χ1n) is 6.67. The quantitative estimate of drug-likeness (QED) is 0.706. The van der Waals surface area contributed by atoms with Gasteiger partial charge in [0.25, 0.3) is 5.91 Å². The summed E-state index contributed by atoms with van der Waals surface area (Å²) in [5.74, 6) is -0.130. The number of nitrogens with one attached hydrogen (secondary N) is 2. The predicted octanol–water partition coefficient (Wildman–Crippen LogP) is 2.06. The molecule has 0 bridgehead atoms. The summed E-state index contributed by atoms with van der Waals surface area (Å²) in [4.78, 5) is 16.0. The van der Waals surface area contributed by atoms with E-state index in [-0.39, 0.29) is 11.9 Å². The van der Waals surface area contributed by atoms with Crippen molar-refractivity contribution in [3.63, 3.8) is 0 Å². The van der Waals surface area contributed by atoms with Gasteiger partial charge in [-0.2, -0.15) is 0 Å². The lowest BCUT2D eigenvalue weighted by Crippen LogP contribution is -2.32. The zero-order valence-electron chi connectivity index (χ0n) is 11.9. The van der Waals surface area contributed by atoms with E-state index in [0.717, 1.165) is 31.7 Å².